The van der Waals surface area contributed by atoms with Crippen molar-refractivity contribution >= 4 is 5.97 Å². The van der Waals surface area contributed by atoms with Gasteiger partial charge in [-0.05, 0) is 18.9 Å². The molecule has 1 aliphatic rings. The van der Waals surface area contributed by atoms with Crippen LogP contribution in [0.2, 0.25) is 0 Å². The molecule has 0 saturated carbocycles. The molecule has 6 heteroatoms. The summed E-state index contributed by atoms with van der Waals surface area (Å²) >= 11 is 0. The van der Waals surface area contributed by atoms with Crippen molar-refractivity contribution in [1.29, 1.82) is 0 Å². The summed E-state index contributed by atoms with van der Waals surface area (Å²) in [5, 5.41) is 11.7. The van der Waals surface area contributed by atoms with Gasteiger partial charge in [-0.2, -0.15) is 0 Å². The van der Waals surface area contributed by atoms with E-state index in [1.165, 1.54) is 12.1 Å². The Morgan fingerprint density at radius 2 is 2.21 bits per heavy atom. The zero-order chi connectivity index (χ0) is 13.8. The Balaban J connectivity index is 1.77. The van der Waals surface area contributed by atoms with Crippen LogP contribution in [-0.4, -0.2) is 29.8 Å². The minimum absolute atomic E-state index is 0.176. The Labute approximate surface area is 109 Å². The van der Waals surface area contributed by atoms with Crippen molar-refractivity contribution in [2.75, 3.05) is 6.54 Å². The molecule has 0 amide bonds. The Kier molecular flexibility index (Phi) is 4.44. The summed E-state index contributed by atoms with van der Waals surface area (Å²) in [6, 6.07) is 3.42. The van der Waals surface area contributed by atoms with Gasteiger partial charge in [0.15, 0.2) is 6.10 Å². The summed E-state index contributed by atoms with van der Waals surface area (Å²) in [6.07, 6.45) is 0.238. The van der Waals surface area contributed by atoms with Gasteiger partial charge in [0.1, 0.15) is 11.6 Å². The molecule has 1 saturated heterocycles. The molecule has 104 valence electrons. The lowest BCUT2D eigenvalue weighted by Gasteiger charge is -2.12. The molecule has 2 unspecified atom stereocenters. The number of carboxylic acid groups (broad SMARTS) is 1. The van der Waals surface area contributed by atoms with Crippen LogP contribution in [-0.2, 0) is 16.1 Å². The SMILES string of the molecule is O=C(O)C1CCC(CNCc2ccc(F)cc2F)O1. The maximum absolute atomic E-state index is 13.3. The quantitative estimate of drug-likeness (QED) is 0.855. The number of ether oxygens (including phenoxy) is 1. The smallest absolute Gasteiger partial charge is 0.332 e. The van der Waals surface area contributed by atoms with Gasteiger partial charge in [0.2, 0.25) is 0 Å². The van der Waals surface area contributed by atoms with Crippen LogP contribution in [0.5, 0.6) is 0 Å². The van der Waals surface area contributed by atoms with E-state index in [-0.39, 0.29) is 12.6 Å². The molecular formula is C13H15F2NO3. The number of nitrogens with one attached hydrogen (secondary N) is 1. The molecule has 1 heterocycles. The standard InChI is InChI=1S/C13H15F2NO3/c14-9-2-1-8(11(15)5-9)6-16-7-10-3-4-12(19-10)13(17)18/h1-2,5,10,12,16H,3-4,6-7H2,(H,17,18). The fraction of sp³-hybridized carbons (Fsp3) is 0.462. The van der Waals surface area contributed by atoms with Gasteiger partial charge in [0.25, 0.3) is 0 Å². The van der Waals surface area contributed by atoms with Crippen LogP contribution in [0.4, 0.5) is 8.78 Å². The summed E-state index contributed by atoms with van der Waals surface area (Å²) in [5.74, 6) is -2.15. The largest absolute Gasteiger partial charge is 0.479 e. The van der Waals surface area contributed by atoms with Crippen LogP contribution in [0, 0.1) is 11.6 Å². The zero-order valence-corrected chi connectivity index (χ0v) is 10.2. The van der Waals surface area contributed by atoms with Gasteiger partial charge in [-0.25, -0.2) is 13.6 Å². The maximum Gasteiger partial charge on any atom is 0.332 e. The molecule has 0 spiro atoms. The highest BCUT2D eigenvalue weighted by molar-refractivity contribution is 5.72. The molecular weight excluding hydrogens is 256 g/mol. The first kappa shape index (κ1) is 13.9. The number of rotatable bonds is 5. The molecule has 2 atom stereocenters. The molecule has 2 rings (SSSR count). The van der Waals surface area contributed by atoms with Crippen molar-refractivity contribution in [1.82, 2.24) is 5.32 Å². The summed E-state index contributed by atoms with van der Waals surface area (Å²) in [7, 11) is 0. The second kappa shape index (κ2) is 6.08. The van der Waals surface area contributed by atoms with Crippen molar-refractivity contribution in [2.45, 2.75) is 31.6 Å². The number of hydrogen-bond donors (Lipinski definition) is 2. The zero-order valence-electron chi connectivity index (χ0n) is 10.2. The molecule has 1 aromatic rings. The van der Waals surface area contributed by atoms with Gasteiger partial charge in [-0.3, -0.25) is 0 Å². The first-order chi connectivity index (χ1) is 9.06. The van der Waals surface area contributed by atoms with Crippen molar-refractivity contribution in [3.8, 4) is 0 Å². The van der Waals surface area contributed by atoms with Crippen LogP contribution in [0.1, 0.15) is 18.4 Å². The summed E-state index contributed by atoms with van der Waals surface area (Å²) in [6.45, 7) is 0.699. The number of halogens is 2. The fourth-order valence-electron chi connectivity index (χ4n) is 2.07. The van der Waals surface area contributed by atoms with E-state index in [9.17, 15) is 13.6 Å². The molecule has 1 aliphatic heterocycles. The molecule has 0 aliphatic carbocycles. The lowest BCUT2D eigenvalue weighted by molar-refractivity contribution is -0.149. The maximum atomic E-state index is 13.3. The molecule has 0 aromatic heterocycles. The first-order valence-electron chi connectivity index (χ1n) is 6.09. The fourth-order valence-corrected chi connectivity index (χ4v) is 2.07. The average Bonchev–Trinajstić information content (AvgIpc) is 2.81. The molecule has 0 radical (unpaired) electrons. The molecule has 19 heavy (non-hydrogen) atoms. The van der Waals surface area contributed by atoms with E-state index in [0.717, 1.165) is 6.07 Å². The highest BCUT2D eigenvalue weighted by Crippen LogP contribution is 2.19. The van der Waals surface area contributed by atoms with Crippen LogP contribution < -0.4 is 5.32 Å². The van der Waals surface area contributed by atoms with Gasteiger partial charge in [0, 0.05) is 24.7 Å². The topological polar surface area (TPSA) is 58.6 Å². The number of carboxylic acids is 1. The second-order valence-electron chi connectivity index (χ2n) is 4.53. The Hall–Kier alpha value is -1.53. The van der Waals surface area contributed by atoms with Gasteiger partial charge in [0.05, 0.1) is 6.10 Å². The van der Waals surface area contributed by atoms with Crippen molar-refractivity contribution in [3.05, 3.63) is 35.4 Å². The van der Waals surface area contributed by atoms with E-state index in [1.54, 1.807) is 0 Å². The highest BCUT2D eigenvalue weighted by Gasteiger charge is 2.29. The molecule has 2 N–H and O–H groups in total. The van der Waals surface area contributed by atoms with Gasteiger partial charge in [-0.15, -0.1) is 0 Å². The van der Waals surface area contributed by atoms with E-state index in [1.807, 2.05) is 0 Å². The van der Waals surface area contributed by atoms with E-state index in [4.69, 9.17) is 9.84 Å². The third-order valence-electron chi connectivity index (χ3n) is 3.09. The molecule has 1 fully saturated rings. The summed E-state index contributed by atoms with van der Waals surface area (Å²) < 4.78 is 31.3. The number of aliphatic carboxylic acids is 1. The van der Waals surface area contributed by atoms with Gasteiger partial charge in [-0.1, -0.05) is 6.07 Å². The monoisotopic (exact) mass is 271 g/mol. The van der Waals surface area contributed by atoms with Crippen LogP contribution in [0.15, 0.2) is 18.2 Å². The summed E-state index contributed by atoms with van der Waals surface area (Å²) in [5.41, 5.74) is 0.370. The van der Waals surface area contributed by atoms with Gasteiger partial charge < -0.3 is 15.2 Å². The number of carbonyl (C=O) groups is 1. The van der Waals surface area contributed by atoms with Crippen molar-refractivity contribution < 1.29 is 23.4 Å². The summed E-state index contributed by atoms with van der Waals surface area (Å²) in [4.78, 5) is 10.7. The lowest BCUT2D eigenvalue weighted by atomic mass is 10.2. The van der Waals surface area contributed by atoms with Crippen LogP contribution in [0.25, 0.3) is 0 Å². The van der Waals surface area contributed by atoms with Crippen LogP contribution in [0.3, 0.4) is 0 Å². The third kappa shape index (κ3) is 3.71. The molecule has 0 bridgehead atoms. The minimum Gasteiger partial charge on any atom is -0.479 e. The normalized spacial score (nSPS) is 22.6. The Morgan fingerprint density at radius 1 is 1.42 bits per heavy atom. The molecule has 4 nitrogen and oxygen atoms in total. The number of benzene rings is 1. The first-order valence-corrected chi connectivity index (χ1v) is 6.09. The van der Waals surface area contributed by atoms with Crippen molar-refractivity contribution in [2.24, 2.45) is 0 Å². The number of hydrogen-bond acceptors (Lipinski definition) is 3. The third-order valence-corrected chi connectivity index (χ3v) is 3.09. The van der Waals surface area contributed by atoms with Crippen molar-refractivity contribution in [3.63, 3.8) is 0 Å². The molecule has 1 aromatic carbocycles. The van der Waals surface area contributed by atoms with E-state index >= 15 is 0 Å². The average molecular weight is 271 g/mol. The van der Waals surface area contributed by atoms with E-state index < -0.39 is 23.7 Å². The Morgan fingerprint density at radius 3 is 2.84 bits per heavy atom. The van der Waals surface area contributed by atoms with E-state index in [0.29, 0.717) is 24.9 Å². The van der Waals surface area contributed by atoms with Gasteiger partial charge >= 0.3 is 5.97 Å². The predicted octanol–water partition coefficient (Wildman–Crippen LogP) is 1.69. The van der Waals surface area contributed by atoms with E-state index in [2.05, 4.69) is 5.32 Å². The lowest BCUT2D eigenvalue weighted by Crippen LogP contribution is -2.28. The second-order valence-corrected chi connectivity index (χ2v) is 4.53. The Bertz CT molecular complexity index is 467. The minimum atomic E-state index is -0.952. The highest BCUT2D eigenvalue weighted by atomic mass is 19.1. The predicted molar refractivity (Wildman–Crippen MR) is 63.6 cm³/mol. The van der Waals surface area contributed by atoms with Crippen LogP contribution >= 0.6 is 0 Å².